The van der Waals surface area contributed by atoms with Crippen LogP contribution in [0, 0.1) is 5.92 Å². The first kappa shape index (κ1) is 20.3. The van der Waals surface area contributed by atoms with Crippen molar-refractivity contribution in [1.82, 2.24) is 9.78 Å². The van der Waals surface area contributed by atoms with Gasteiger partial charge >= 0.3 is 0 Å². The molecule has 0 aliphatic rings. The molecule has 0 unspecified atom stereocenters. The predicted octanol–water partition coefficient (Wildman–Crippen LogP) is 3.10. The molecule has 29 heavy (non-hydrogen) atoms. The number of nitrogens with one attached hydrogen (secondary N) is 2. The fraction of sp³-hybridized carbons (Fsp3) is 0.273. The standard InChI is InChI=1S/C22H24N4O3/c1-14(2)12-20(27)23-15-8-10-16(11-9-15)24-21(28)13-19-17-6-4-5-7-18(17)22(29)26(3)25-19/h4-11,14H,12-13H2,1-3H3,(H,23,27)(H,24,28). The molecule has 3 rings (SSSR count). The Morgan fingerprint density at radius 3 is 2.07 bits per heavy atom. The maximum absolute atomic E-state index is 12.5. The molecule has 0 atom stereocenters. The van der Waals surface area contributed by atoms with Gasteiger partial charge in [0.05, 0.1) is 17.5 Å². The van der Waals surface area contributed by atoms with Crippen molar-refractivity contribution in [1.29, 1.82) is 0 Å². The molecule has 0 bridgehead atoms. The lowest BCUT2D eigenvalue weighted by molar-refractivity contribution is -0.117. The summed E-state index contributed by atoms with van der Waals surface area (Å²) in [5.41, 5.74) is 1.64. The van der Waals surface area contributed by atoms with Crippen LogP contribution in [0.3, 0.4) is 0 Å². The van der Waals surface area contributed by atoms with Crippen molar-refractivity contribution in [2.24, 2.45) is 13.0 Å². The summed E-state index contributed by atoms with van der Waals surface area (Å²) < 4.78 is 1.25. The van der Waals surface area contributed by atoms with Gasteiger partial charge in [-0.2, -0.15) is 5.10 Å². The molecule has 0 saturated heterocycles. The molecule has 7 nitrogen and oxygen atoms in total. The molecule has 0 fully saturated rings. The number of anilines is 2. The van der Waals surface area contributed by atoms with Crippen LogP contribution in [0.5, 0.6) is 0 Å². The van der Waals surface area contributed by atoms with E-state index in [9.17, 15) is 14.4 Å². The Labute approximate surface area is 168 Å². The van der Waals surface area contributed by atoms with Crippen LogP contribution < -0.4 is 16.2 Å². The lowest BCUT2D eigenvalue weighted by Crippen LogP contribution is -2.24. The first-order chi connectivity index (χ1) is 13.8. The van der Waals surface area contributed by atoms with Gasteiger partial charge in [0, 0.05) is 30.2 Å². The quantitative estimate of drug-likeness (QED) is 0.674. The van der Waals surface area contributed by atoms with Crippen molar-refractivity contribution < 1.29 is 9.59 Å². The number of aromatic nitrogens is 2. The molecule has 7 heteroatoms. The van der Waals surface area contributed by atoms with Crippen LogP contribution in [0.25, 0.3) is 10.8 Å². The van der Waals surface area contributed by atoms with Gasteiger partial charge in [-0.3, -0.25) is 14.4 Å². The number of aryl methyl sites for hydroxylation is 1. The highest BCUT2D eigenvalue weighted by molar-refractivity contribution is 5.96. The van der Waals surface area contributed by atoms with Gasteiger partial charge in [0.25, 0.3) is 5.56 Å². The van der Waals surface area contributed by atoms with Crippen LogP contribution >= 0.6 is 0 Å². The fourth-order valence-corrected chi connectivity index (χ4v) is 3.08. The van der Waals surface area contributed by atoms with Gasteiger partial charge in [-0.15, -0.1) is 0 Å². The maximum Gasteiger partial charge on any atom is 0.274 e. The summed E-state index contributed by atoms with van der Waals surface area (Å²) in [6.45, 7) is 3.97. The van der Waals surface area contributed by atoms with E-state index >= 15 is 0 Å². The molecule has 150 valence electrons. The molecule has 2 amide bonds. The molecule has 1 aromatic heterocycles. The highest BCUT2D eigenvalue weighted by Crippen LogP contribution is 2.17. The van der Waals surface area contributed by atoms with E-state index in [-0.39, 0.29) is 29.7 Å². The van der Waals surface area contributed by atoms with Crippen LogP contribution in [0.4, 0.5) is 11.4 Å². The Balaban J connectivity index is 1.69. The van der Waals surface area contributed by atoms with Crippen LogP contribution in [0.1, 0.15) is 26.0 Å². The van der Waals surface area contributed by atoms with Crippen LogP contribution in [-0.2, 0) is 23.1 Å². The summed E-state index contributed by atoms with van der Waals surface area (Å²) in [4.78, 5) is 36.5. The van der Waals surface area contributed by atoms with Gasteiger partial charge in [0.2, 0.25) is 11.8 Å². The number of amides is 2. The Kier molecular flexibility index (Phi) is 6.07. The van der Waals surface area contributed by atoms with Crippen molar-refractivity contribution in [2.75, 3.05) is 10.6 Å². The average Bonchev–Trinajstić information content (AvgIpc) is 2.67. The van der Waals surface area contributed by atoms with E-state index in [1.807, 2.05) is 19.9 Å². The fourth-order valence-electron chi connectivity index (χ4n) is 3.08. The van der Waals surface area contributed by atoms with Crippen molar-refractivity contribution in [3.05, 3.63) is 64.6 Å². The normalized spacial score (nSPS) is 10.9. The van der Waals surface area contributed by atoms with E-state index in [2.05, 4.69) is 15.7 Å². The van der Waals surface area contributed by atoms with E-state index in [4.69, 9.17) is 0 Å². The Bertz CT molecular complexity index is 1100. The third-order valence-corrected chi connectivity index (χ3v) is 4.41. The van der Waals surface area contributed by atoms with E-state index in [1.54, 1.807) is 49.5 Å². The first-order valence-corrected chi connectivity index (χ1v) is 9.48. The summed E-state index contributed by atoms with van der Waals surface area (Å²) in [6, 6.07) is 14.1. The van der Waals surface area contributed by atoms with Crippen molar-refractivity contribution >= 4 is 34.0 Å². The number of fused-ring (bicyclic) bond motifs is 1. The number of carbonyl (C=O) groups excluding carboxylic acids is 2. The zero-order chi connectivity index (χ0) is 21.0. The maximum atomic E-state index is 12.5. The zero-order valence-corrected chi connectivity index (χ0v) is 16.7. The van der Waals surface area contributed by atoms with E-state index in [1.165, 1.54) is 4.68 Å². The third-order valence-electron chi connectivity index (χ3n) is 4.41. The van der Waals surface area contributed by atoms with Gasteiger partial charge in [0.15, 0.2) is 0 Å². The monoisotopic (exact) mass is 392 g/mol. The van der Waals surface area contributed by atoms with E-state index in [0.717, 1.165) is 0 Å². The zero-order valence-electron chi connectivity index (χ0n) is 16.7. The summed E-state index contributed by atoms with van der Waals surface area (Å²) >= 11 is 0. The second-order valence-corrected chi connectivity index (χ2v) is 7.37. The number of hydrogen-bond acceptors (Lipinski definition) is 4. The minimum absolute atomic E-state index is 0.0376. The average molecular weight is 392 g/mol. The third kappa shape index (κ3) is 5.07. The summed E-state index contributed by atoms with van der Waals surface area (Å²) in [6.07, 6.45) is 0.501. The smallest absolute Gasteiger partial charge is 0.274 e. The number of carbonyl (C=O) groups is 2. The number of benzene rings is 2. The molecule has 0 saturated carbocycles. The molecular formula is C22H24N4O3. The van der Waals surface area contributed by atoms with Crippen molar-refractivity contribution in [3.8, 4) is 0 Å². The number of hydrogen-bond donors (Lipinski definition) is 2. The van der Waals surface area contributed by atoms with Crippen LogP contribution in [-0.4, -0.2) is 21.6 Å². The van der Waals surface area contributed by atoms with Crippen molar-refractivity contribution in [2.45, 2.75) is 26.7 Å². The highest BCUT2D eigenvalue weighted by atomic mass is 16.2. The minimum atomic E-state index is -0.238. The second-order valence-electron chi connectivity index (χ2n) is 7.37. The SMILES string of the molecule is CC(C)CC(=O)Nc1ccc(NC(=O)Cc2nn(C)c(=O)c3ccccc23)cc1. The molecule has 0 aliphatic carbocycles. The minimum Gasteiger partial charge on any atom is -0.326 e. The Hall–Kier alpha value is -3.48. The highest BCUT2D eigenvalue weighted by Gasteiger charge is 2.13. The molecule has 0 radical (unpaired) electrons. The summed E-state index contributed by atoms with van der Waals surface area (Å²) in [5, 5.41) is 11.1. The van der Waals surface area contributed by atoms with Crippen LogP contribution in [0.2, 0.25) is 0 Å². The molecule has 3 aromatic rings. The lowest BCUT2D eigenvalue weighted by Gasteiger charge is -2.10. The van der Waals surface area contributed by atoms with E-state index < -0.39 is 0 Å². The van der Waals surface area contributed by atoms with Crippen LogP contribution in [0.15, 0.2) is 53.3 Å². The van der Waals surface area contributed by atoms with Gasteiger partial charge in [-0.05, 0) is 36.2 Å². The molecule has 2 aromatic carbocycles. The van der Waals surface area contributed by atoms with Crippen molar-refractivity contribution in [3.63, 3.8) is 0 Å². The van der Waals surface area contributed by atoms with Gasteiger partial charge in [0.1, 0.15) is 0 Å². The van der Waals surface area contributed by atoms with Gasteiger partial charge in [-0.1, -0.05) is 32.0 Å². The second kappa shape index (κ2) is 8.68. The number of rotatable bonds is 6. The lowest BCUT2D eigenvalue weighted by atomic mass is 10.1. The Morgan fingerprint density at radius 2 is 1.48 bits per heavy atom. The first-order valence-electron chi connectivity index (χ1n) is 9.48. The predicted molar refractivity (Wildman–Crippen MR) is 114 cm³/mol. The summed E-state index contributed by atoms with van der Waals surface area (Å²) in [7, 11) is 1.57. The molecule has 1 heterocycles. The molecule has 0 spiro atoms. The number of nitrogens with zero attached hydrogens (tertiary/aromatic N) is 2. The van der Waals surface area contributed by atoms with Gasteiger partial charge in [-0.25, -0.2) is 4.68 Å². The Morgan fingerprint density at radius 1 is 0.931 bits per heavy atom. The van der Waals surface area contributed by atoms with E-state index in [0.29, 0.717) is 34.3 Å². The van der Waals surface area contributed by atoms with Gasteiger partial charge < -0.3 is 10.6 Å². The topological polar surface area (TPSA) is 93.1 Å². The summed E-state index contributed by atoms with van der Waals surface area (Å²) in [5.74, 6) is 0.0121. The molecular weight excluding hydrogens is 368 g/mol. The molecule has 0 aliphatic heterocycles. The largest absolute Gasteiger partial charge is 0.326 e. The molecule has 2 N–H and O–H groups in total.